The van der Waals surface area contributed by atoms with Gasteiger partial charge in [-0.3, -0.25) is 0 Å². The zero-order valence-electron chi connectivity index (χ0n) is 12.7. The van der Waals surface area contributed by atoms with Crippen LogP contribution in [0.4, 0.5) is 0 Å². The zero-order chi connectivity index (χ0) is 15.7. The Morgan fingerprint density at radius 3 is 2.50 bits per heavy atom. The monoisotopic (exact) mass is 405 g/mol. The molecule has 0 radical (unpaired) electrons. The summed E-state index contributed by atoms with van der Waals surface area (Å²) in [6, 6.07) is 8.64. The van der Waals surface area contributed by atoms with Crippen LogP contribution in [0.2, 0.25) is 0 Å². The van der Waals surface area contributed by atoms with Crippen molar-refractivity contribution >= 4 is 28.8 Å². The van der Waals surface area contributed by atoms with Crippen molar-refractivity contribution in [1.29, 1.82) is 0 Å². The minimum Gasteiger partial charge on any atom is -0.318 e. The van der Waals surface area contributed by atoms with Gasteiger partial charge in [0.2, 0.25) is 0 Å². The number of aromatic nitrogens is 4. The molecule has 6 heteroatoms. The van der Waals surface area contributed by atoms with E-state index in [4.69, 9.17) is 0 Å². The molecule has 0 amide bonds. The summed E-state index contributed by atoms with van der Waals surface area (Å²) in [5, 5.41) is 11.8. The maximum Gasteiger partial charge on any atom is 0.141 e. The van der Waals surface area contributed by atoms with E-state index in [2.05, 4.69) is 87.5 Å². The molecule has 0 aliphatic heterocycles. The van der Waals surface area contributed by atoms with Gasteiger partial charge in [0.05, 0.1) is 6.21 Å². The van der Waals surface area contributed by atoms with Crippen molar-refractivity contribution in [2.24, 2.45) is 5.10 Å². The van der Waals surface area contributed by atoms with E-state index in [0.29, 0.717) is 0 Å². The quantitative estimate of drug-likeness (QED) is 0.495. The molecule has 0 atom stereocenters. The van der Waals surface area contributed by atoms with Gasteiger partial charge in [0.15, 0.2) is 0 Å². The SMILES string of the molecule is Cc1cc(-n2c(C)cc(/C=N/n3cnnc3)c2C)ccc1I. The number of halogens is 1. The highest BCUT2D eigenvalue weighted by Crippen LogP contribution is 2.22. The number of hydrogen-bond acceptors (Lipinski definition) is 3. The van der Waals surface area contributed by atoms with E-state index in [1.807, 2.05) is 6.21 Å². The second kappa shape index (κ2) is 6.04. The van der Waals surface area contributed by atoms with Crippen LogP contribution in [0.25, 0.3) is 5.69 Å². The molecule has 1 aromatic carbocycles. The Morgan fingerprint density at radius 1 is 1.09 bits per heavy atom. The minimum atomic E-state index is 1.09. The maximum atomic E-state index is 4.33. The van der Waals surface area contributed by atoms with Crippen LogP contribution in [0.1, 0.15) is 22.5 Å². The first-order valence-electron chi connectivity index (χ1n) is 6.90. The van der Waals surface area contributed by atoms with Crippen LogP contribution in [0, 0.1) is 24.3 Å². The van der Waals surface area contributed by atoms with Crippen LogP contribution in [0.15, 0.2) is 42.0 Å². The number of nitrogens with zero attached hydrogens (tertiary/aromatic N) is 5. The molecule has 3 aromatic rings. The van der Waals surface area contributed by atoms with Gasteiger partial charge in [-0.05, 0) is 73.2 Å². The summed E-state index contributed by atoms with van der Waals surface area (Å²) in [7, 11) is 0. The largest absolute Gasteiger partial charge is 0.318 e. The fourth-order valence-corrected chi connectivity index (χ4v) is 2.80. The summed E-state index contributed by atoms with van der Waals surface area (Å²) in [6.45, 7) is 6.35. The van der Waals surface area contributed by atoms with Gasteiger partial charge in [0, 0.05) is 26.2 Å². The Morgan fingerprint density at radius 2 is 1.82 bits per heavy atom. The van der Waals surface area contributed by atoms with Gasteiger partial charge in [-0.15, -0.1) is 10.2 Å². The lowest BCUT2D eigenvalue weighted by Crippen LogP contribution is -2.00. The summed E-state index contributed by atoms with van der Waals surface area (Å²) >= 11 is 2.36. The van der Waals surface area contributed by atoms with Gasteiger partial charge in [-0.25, -0.2) is 4.68 Å². The van der Waals surface area contributed by atoms with E-state index in [-0.39, 0.29) is 0 Å². The molecule has 0 spiro atoms. The molecule has 112 valence electrons. The zero-order valence-corrected chi connectivity index (χ0v) is 14.8. The van der Waals surface area contributed by atoms with Crippen LogP contribution in [0.3, 0.4) is 0 Å². The molecule has 0 saturated heterocycles. The van der Waals surface area contributed by atoms with Crippen molar-refractivity contribution in [1.82, 2.24) is 19.4 Å². The molecule has 0 aliphatic carbocycles. The van der Waals surface area contributed by atoms with Crippen LogP contribution < -0.4 is 0 Å². The third kappa shape index (κ3) is 2.83. The van der Waals surface area contributed by atoms with E-state index in [1.165, 1.54) is 20.5 Å². The summed E-state index contributed by atoms with van der Waals surface area (Å²) in [5.41, 5.74) is 5.89. The van der Waals surface area contributed by atoms with Crippen LogP contribution in [0.5, 0.6) is 0 Å². The lowest BCUT2D eigenvalue weighted by molar-refractivity contribution is 0.877. The van der Waals surface area contributed by atoms with Crippen molar-refractivity contribution in [2.75, 3.05) is 0 Å². The van der Waals surface area contributed by atoms with Crippen LogP contribution in [-0.4, -0.2) is 25.7 Å². The predicted molar refractivity (Wildman–Crippen MR) is 95.7 cm³/mol. The van der Waals surface area contributed by atoms with Crippen molar-refractivity contribution in [3.63, 3.8) is 0 Å². The molecular weight excluding hydrogens is 389 g/mol. The lowest BCUT2D eigenvalue weighted by Gasteiger charge is -2.11. The predicted octanol–water partition coefficient (Wildman–Crippen LogP) is 3.48. The highest BCUT2D eigenvalue weighted by Gasteiger charge is 2.10. The average molecular weight is 405 g/mol. The number of aryl methyl sites for hydroxylation is 2. The topological polar surface area (TPSA) is 48.0 Å². The number of benzene rings is 1. The Bertz CT molecular complexity index is 831. The third-order valence-electron chi connectivity index (χ3n) is 3.61. The molecule has 5 nitrogen and oxygen atoms in total. The van der Waals surface area contributed by atoms with Gasteiger partial charge in [0.1, 0.15) is 12.7 Å². The van der Waals surface area contributed by atoms with E-state index in [9.17, 15) is 0 Å². The fraction of sp³-hybridized carbons (Fsp3) is 0.188. The Hall–Kier alpha value is -1.96. The summed E-state index contributed by atoms with van der Waals surface area (Å²) in [4.78, 5) is 0. The molecule has 0 N–H and O–H groups in total. The van der Waals surface area contributed by atoms with Crippen molar-refractivity contribution in [2.45, 2.75) is 20.8 Å². The molecule has 3 rings (SSSR count). The van der Waals surface area contributed by atoms with Gasteiger partial charge >= 0.3 is 0 Å². The molecule has 0 bridgehead atoms. The van der Waals surface area contributed by atoms with Crippen molar-refractivity contribution < 1.29 is 0 Å². The maximum absolute atomic E-state index is 4.33. The highest BCUT2D eigenvalue weighted by molar-refractivity contribution is 14.1. The minimum absolute atomic E-state index is 1.09. The summed E-state index contributed by atoms with van der Waals surface area (Å²) in [5.74, 6) is 0. The smallest absolute Gasteiger partial charge is 0.141 e. The van der Waals surface area contributed by atoms with Gasteiger partial charge < -0.3 is 4.57 Å². The van der Waals surface area contributed by atoms with Crippen LogP contribution >= 0.6 is 22.6 Å². The fourth-order valence-electron chi connectivity index (χ4n) is 2.47. The van der Waals surface area contributed by atoms with E-state index >= 15 is 0 Å². The van der Waals surface area contributed by atoms with Crippen LogP contribution in [-0.2, 0) is 0 Å². The van der Waals surface area contributed by atoms with E-state index < -0.39 is 0 Å². The van der Waals surface area contributed by atoms with Gasteiger partial charge in [-0.2, -0.15) is 5.10 Å². The second-order valence-corrected chi connectivity index (χ2v) is 6.34. The highest BCUT2D eigenvalue weighted by atomic mass is 127. The number of hydrogen-bond donors (Lipinski definition) is 0. The van der Waals surface area contributed by atoms with Crippen molar-refractivity contribution in [3.8, 4) is 5.69 Å². The Balaban J connectivity index is 2.01. The first kappa shape index (κ1) is 15.0. The Kier molecular flexibility index (Phi) is 4.10. The second-order valence-electron chi connectivity index (χ2n) is 5.18. The summed E-state index contributed by atoms with van der Waals surface area (Å²) < 4.78 is 5.11. The molecule has 2 heterocycles. The molecule has 22 heavy (non-hydrogen) atoms. The first-order valence-corrected chi connectivity index (χ1v) is 7.98. The molecule has 0 aliphatic rings. The number of rotatable bonds is 3. The standard InChI is InChI=1S/C16H16IN5/c1-11-6-15(4-5-16(11)17)22-12(2)7-14(13(22)3)8-20-21-9-18-19-10-21/h4-10H,1-3H3/b20-8+. The molecular formula is C16H16IN5. The van der Waals surface area contributed by atoms with E-state index in [1.54, 1.807) is 17.3 Å². The molecule has 0 saturated carbocycles. The first-order chi connectivity index (χ1) is 10.6. The average Bonchev–Trinajstić information content (AvgIpc) is 3.09. The van der Waals surface area contributed by atoms with Gasteiger partial charge in [-0.1, -0.05) is 0 Å². The normalized spacial score (nSPS) is 11.5. The lowest BCUT2D eigenvalue weighted by atomic mass is 10.2. The third-order valence-corrected chi connectivity index (χ3v) is 4.82. The Labute approximate surface area is 142 Å². The van der Waals surface area contributed by atoms with E-state index in [0.717, 1.165) is 11.3 Å². The summed E-state index contributed by atoms with van der Waals surface area (Å²) in [6.07, 6.45) is 4.97. The van der Waals surface area contributed by atoms with Gasteiger partial charge in [0.25, 0.3) is 0 Å². The molecule has 2 aromatic heterocycles. The molecule has 0 fully saturated rings. The van der Waals surface area contributed by atoms with Crippen molar-refractivity contribution in [3.05, 3.63) is 63.0 Å². The molecule has 0 unspecified atom stereocenters.